The minimum absolute atomic E-state index is 0. The molecular formula is C18H33Cl2N3O2S. The van der Waals surface area contributed by atoms with Gasteiger partial charge in [0, 0.05) is 37.0 Å². The molecule has 0 bridgehead atoms. The van der Waals surface area contributed by atoms with Crippen molar-refractivity contribution >= 4 is 42.5 Å². The van der Waals surface area contributed by atoms with Crippen molar-refractivity contribution in [2.75, 3.05) is 44.4 Å². The second-order valence-electron chi connectivity index (χ2n) is 7.95. The zero-order valence-electron chi connectivity index (χ0n) is 15.4. The Bertz CT molecular complexity index is 446. The Balaban J connectivity index is 0.00000121. The van der Waals surface area contributed by atoms with E-state index in [4.69, 9.17) is 4.74 Å². The van der Waals surface area contributed by atoms with Crippen molar-refractivity contribution in [3.05, 3.63) is 0 Å². The summed E-state index contributed by atoms with van der Waals surface area (Å²) in [6, 6.07) is 0.624. The molecule has 1 aliphatic carbocycles. The molecular weight excluding hydrogens is 393 g/mol. The summed E-state index contributed by atoms with van der Waals surface area (Å²) in [5, 5.41) is 6.93. The van der Waals surface area contributed by atoms with Crippen LogP contribution >= 0.6 is 36.6 Å². The lowest BCUT2D eigenvalue weighted by Crippen LogP contribution is -2.60. The molecule has 0 radical (unpaired) electrons. The molecule has 0 aromatic heterocycles. The van der Waals surface area contributed by atoms with Gasteiger partial charge < -0.3 is 15.4 Å². The highest BCUT2D eigenvalue weighted by Crippen LogP contribution is 2.35. The Morgan fingerprint density at radius 2 is 2.00 bits per heavy atom. The van der Waals surface area contributed by atoms with Crippen LogP contribution in [0, 0.1) is 5.92 Å². The fraction of sp³-hybridized carbons (Fsp3) is 0.944. The number of carbonyl (C=O) groups excluding carboxylic acids is 1. The fourth-order valence-corrected chi connectivity index (χ4v) is 6.51. The number of carbonyl (C=O) groups is 1. The third kappa shape index (κ3) is 4.81. The topological polar surface area (TPSA) is 53.6 Å². The number of hydrogen-bond donors (Lipinski definition) is 2. The molecule has 152 valence electrons. The van der Waals surface area contributed by atoms with E-state index < -0.39 is 0 Å². The highest BCUT2D eigenvalue weighted by atomic mass is 35.5. The molecule has 0 aromatic carbocycles. The average molecular weight is 426 g/mol. The first kappa shape index (κ1) is 22.6. The second kappa shape index (κ2) is 10.2. The molecule has 1 amide bonds. The number of hydrogen-bond acceptors (Lipinski definition) is 5. The summed E-state index contributed by atoms with van der Waals surface area (Å²) < 4.78 is 5.52. The van der Waals surface area contributed by atoms with Crippen LogP contribution in [0.2, 0.25) is 0 Å². The molecule has 3 heterocycles. The van der Waals surface area contributed by atoms with Crippen molar-refractivity contribution in [1.29, 1.82) is 0 Å². The molecule has 8 heteroatoms. The predicted molar refractivity (Wildman–Crippen MR) is 112 cm³/mol. The van der Waals surface area contributed by atoms with Crippen LogP contribution in [0.25, 0.3) is 0 Å². The van der Waals surface area contributed by atoms with Crippen molar-refractivity contribution in [2.45, 2.75) is 56.1 Å². The maximum atomic E-state index is 12.7. The van der Waals surface area contributed by atoms with E-state index in [0.29, 0.717) is 6.04 Å². The molecule has 5 nitrogen and oxygen atoms in total. The van der Waals surface area contributed by atoms with Crippen LogP contribution in [0.1, 0.15) is 38.5 Å². The Morgan fingerprint density at radius 3 is 2.69 bits per heavy atom. The van der Waals surface area contributed by atoms with Crippen LogP contribution in [0.15, 0.2) is 0 Å². The first-order valence-corrected chi connectivity index (χ1v) is 10.9. The van der Waals surface area contributed by atoms with Gasteiger partial charge in [-0.05, 0) is 37.4 Å². The highest BCUT2D eigenvalue weighted by Gasteiger charge is 2.42. The van der Waals surface area contributed by atoms with E-state index in [-0.39, 0.29) is 42.3 Å². The lowest BCUT2D eigenvalue weighted by molar-refractivity contribution is -0.123. The monoisotopic (exact) mass is 425 g/mol. The van der Waals surface area contributed by atoms with Crippen molar-refractivity contribution in [3.63, 3.8) is 0 Å². The molecule has 0 aromatic rings. The van der Waals surface area contributed by atoms with Crippen molar-refractivity contribution in [3.8, 4) is 0 Å². The summed E-state index contributed by atoms with van der Waals surface area (Å²) >= 11 is 2.03. The highest BCUT2D eigenvalue weighted by molar-refractivity contribution is 7.99. The lowest BCUT2D eigenvalue weighted by atomic mass is 9.85. The zero-order chi connectivity index (χ0) is 16.4. The van der Waals surface area contributed by atoms with Gasteiger partial charge in [-0.1, -0.05) is 12.8 Å². The van der Waals surface area contributed by atoms with Gasteiger partial charge in [-0.3, -0.25) is 9.69 Å². The van der Waals surface area contributed by atoms with E-state index >= 15 is 0 Å². The van der Waals surface area contributed by atoms with E-state index in [1.165, 1.54) is 37.9 Å². The summed E-state index contributed by atoms with van der Waals surface area (Å²) in [5.41, 5.74) is 0.148. The van der Waals surface area contributed by atoms with Crippen LogP contribution in [-0.2, 0) is 9.53 Å². The number of amides is 1. The first-order chi connectivity index (χ1) is 11.8. The standard InChI is InChI=1S/C18H31N3O2S.2ClH/c22-17(16-11-14-3-1-2-4-15(14)20-16)19-12-18(5-10-24-13-18)21-6-8-23-9-7-21;;/h14-16,20H,1-13H2,(H,19,22);2*1H. The summed E-state index contributed by atoms with van der Waals surface area (Å²) in [5.74, 6) is 3.30. The molecule has 4 unspecified atom stereocenters. The maximum Gasteiger partial charge on any atom is 0.237 e. The average Bonchev–Trinajstić information content (AvgIpc) is 3.28. The molecule has 26 heavy (non-hydrogen) atoms. The van der Waals surface area contributed by atoms with Gasteiger partial charge in [-0.2, -0.15) is 11.8 Å². The van der Waals surface area contributed by atoms with Crippen LogP contribution < -0.4 is 10.6 Å². The first-order valence-electron chi connectivity index (χ1n) is 9.71. The van der Waals surface area contributed by atoms with E-state index in [9.17, 15) is 4.79 Å². The van der Waals surface area contributed by atoms with Gasteiger partial charge in [0.1, 0.15) is 0 Å². The minimum Gasteiger partial charge on any atom is -0.379 e. The molecule has 1 saturated carbocycles. The van der Waals surface area contributed by atoms with E-state index in [1.807, 2.05) is 11.8 Å². The van der Waals surface area contributed by atoms with Gasteiger partial charge in [0.05, 0.1) is 19.3 Å². The Kier molecular flexibility index (Phi) is 8.83. The van der Waals surface area contributed by atoms with Crippen LogP contribution in [0.3, 0.4) is 0 Å². The predicted octanol–water partition coefficient (Wildman–Crippen LogP) is 2.07. The summed E-state index contributed by atoms with van der Waals surface area (Å²) in [6.07, 6.45) is 7.43. The molecule has 4 aliphatic rings. The minimum atomic E-state index is 0. The van der Waals surface area contributed by atoms with E-state index in [2.05, 4.69) is 15.5 Å². The molecule has 3 aliphatic heterocycles. The smallest absolute Gasteiger partial charge is 0.237 e. The molecule has 0 spiro atoms. The van der Waals surface area contributed by atoms with Crippen molar-refractivity contribution in [2.24, 2.45) is 5.92 Å². The van der Waals surface area contributed by atoms with Gasteiger partial charge in [-0.15, -0.1) is 24.8 Å². The van der Waals surface area contributed by atoms with Gasteiger partial charge in [-0.25, -0.2) is 0 Å². The van der Waals surface area contributed by atoms with Gasteiger partial charge in [0.2, 0.25) is 5.91 Å². The molecule has 4 rings (SSSR count). The Morgan fingerprint density at radius 1 is 1.23 bits per heavy atom. The number of thioether (sulfide) groups is 1. The number of halogens is 2. The lowest BCUT2D eigenvalue weighted by Gasteiger charge is -2.43. The van der Waals surface area contributed by atoms with Crippen molar-refractivity contribution in [1.82, 2.24) is 15.5 Å². The van der Waals surface area contributed by atoms with E-state index in [0.717, 1.165) is 50.9 Å². The molecule has 4 fully saturated rings. The van der Waals surface area contributed by atoms with Crippen LogP contribution in [-0.4, -0.2) is 72.8 Å². The summed E-state index contributed by atoms with van der Waals surface area (Å²) in [4.78, 5) is 15.3. The van der Waals surface area contributed by atoms with E-state index in [1.54, 1.807) is 0 Å². The number of rotatable bonds is 4. The Labute approximate surface area is 173 Å². The molecule has 2 N–H and O–H groups in total. The molecule has 3 saturated heterocycles. The second-order valence-corrected chi connectivity index (χ2v) is 9.06. The number of nitrogens with zero attached hydrogens (tertiary/aromatic N) is 1. The van der Waals surface area contributed by atoms with Gasteiger partial charge in [0.15, 0.2) is 0 Å². The zero-order valence-corrected chi connectivity index (χ0v) is 17.9. The number of nitrogens with one attached hydrogen (secondary N) is 2. The van der Waals surface area contributed by atoms with Gasteiger partial charge >= 0.3 is 0 Å². The van der Waals surface area contributed by atoms with Crippen LogP contribution in [0.4, 0.5) is 0 Å². The van der Waals surface area contributed by atoms with Gasteiger partial charge in [0.25, 0.3) is 0 Å². The SMILES string of the molecule is Cl.Cl.O=C(NCC1(N2CCOCC2)CCSC1)C1CC2CCCCC2N1. The fourth-order valence-electron chi connectivity index (χ4n) is 5.03. The third-order valence-electron chi connectivity index (χ3n) is 6.54. The quantitative estimate of drug-likeness (QED) is 0.721. The third-order valence-corrected chi connectivity index (χ3v) is 7.77. The summed E-state index contributed by atoms with van der Waals surface area (Å²) in [7, 11) is 0. The normalized spacial score (nSPS) is 37.3. The molecule has 4 atom stereocenters. The van der Waals surface area contributed by atoms with Crippen LogP contribution in [0.5, 0.6) is 0 Å². The Hall–Kier alpha value is 0.280. The number of ether oxygens (including phenoxy) is 1. The number of fused-ring (bicyclic) bond motifs is 1. The maximum absolute atomic E-state index is 12.7. The summed E-state index contributed by atoms with van der Waals surface area (Å²) in [6.45, 7) is 4.46. The number of morpholine rings is 1. The largest absolute Gasteiger partial charge is 0.379 e. The van der Waals surface area contributed by atoms with Crippen molar-refractivity contribution < 1.29 is 9.53 Å².